The van der Waals surface area contributed by atoms with Gasteiger partial charge < -0.3 is 10.2 Å². The van der Waals surface area contributed by atoms with Crippen LogP contribution >= 0.6 is 0 Å². The predicted molar refractivity (Wildman–Crippen MR) is 129 cm³/mol. The number of piperidine rings is 1. The second kappa shape index (κ2) is 8.63. The molecule has 0 aliphatic carbocycles. The Labute approximate surface area is 188 Å². The molecule has 0 bridgehead atoms. The maximum atomic E-state index is 9.20. The molecule has 0 radical (unpaired) electrons. The van der Waals surface area contributed by atoms with E-state index in [1.807, 2.05) is 30.5 Å². The average Bonchev–Trinajstić information content (AvgIpc) is 3.22. The van der Waals surface area contributed by atoms with Crippen molar-refractivity contribution in [2.24, 2.45) is 5.73 Å². The lowest BCUT2D eigenvalue weighted by atomic mass is 9.92. The number of likely N-dealkylation sites (tertiary alicyclic amines) is 1. The molecular formula is C28H27N3O. The average molecular weight is 422 g/mol. The Morgan fingerprint density at radius 3 is 2.25 bits per heavy atom. The lowest BCUT2D eigenvalue weighted by molar-refractivity contribution is 0.206. The first kappa shape index (κ1) is 20.5. The molecular weight excluding hydrogens is 394 g/mol. The molecule has 0 unspecified atom stereocenters. The first-order valence-electron chi connectivity index (χ1n) is 11.2. The van der Waals surface area contributed by atoms with Gasteiger partial charge in [-0.3, -0.25) is 4.90 Å². The molecule has 1 saturated heterocycles. The summed E-state index contributed by atoms with van der Waals surface area (Å²) < 4.78 is 6.03. The van der Waals surface area contributed by atoms with E-state index in [1.54, 1.807) is 0 Å². The van der Waals surface area contributed by atoms with E-state index in [-0.39, 0.29) is 0 Å². The van der Waals surface area contributed by atoms with E-state index in [0.717, 1.165) is 65.7 Å². The Morgan fingerprint density at radius 2 is 1.59 bits per heavy atom. The third kappa shape index (κ3) is 4.05. The lowest BCUT2D eigenvalue weighted by Gasteiger charge is -2.29. The van der Waals surface area contributed by atoms with Crippen LogP contribution in [0.25, 0.3) is 33.2 Å². The number of nitrogens with zero attached hydrogens (tertiary/aromatic N) is 2. The van der Waals surface area contributed by atoms with Crippen LogP contribution < -0.4 is 5.73 Å². The van der Waals surface area contributed by atoms with Gasteiger partial charge in [-0.05, 0) is 79.4 Å². The second-order valence-corrected chi connectivity index (χ2v) is 8.82. The molecule has 3 aromatic carbocycles. The summed E-state index contributed by atoms with van der Waals surface area (Å²) in [5, 5.41) is 10.4. The fourth-order valence-corrected chi connectivity index (χ4v) is 4.54. The van der Waals surface area contributed by atoms with Crippen LogP contribution in [0.3, 0.4) is 0 Å². The van der Waals surface area contributed by atoms with Crippen molar-refractivity contribution < 1.29 is 4.42 Å². The fourth-order valence-electron chi connectivity index (χ4n) is 4.54. The van der Waals surface area contributed by atoms with Crippen LogP contribution in [0.2, 0.25) is 0 Å². The van der Waals surface area contributed by atoms with Gasteiger partial charge in [-0.2, -0.15) is 5.26 Å². The third-order valence-electron chi connectivity index (χ3n) is 6.51. The van der Waals surface area contributed by atoms with Crippen LogP contribution in [0.5, 0.6) is 0 Å². The van der Waals surface area contributed by atoms with E-state index in [2.05, 4.69) is 54.3 Å². The van der Waals surface area contributed by atoms with Gasteiger partial charge in [0, 0.05) is 23.5 Å². The number of aryl methyl sites for hydroxylation is 1. The maximum absolute atomic E-state index is 9.20. The van der Waals surface area contributed by atoms with Crippen LogP contribution in [-0.2, 0) is 6.54 Å². The molecule has 160 valence electrons. The Kier molecular flexibility index (Phi) is 5.53. The molecule has 2 heterocycles. The highest BCUT2D eigenvalue weighted by Crippen LogP contribution is 2.38. The Bertz CT molecular complexity index is 1270. The van der Waals surface area contributed by atoms with E-state index >= 15 is 0 Å². The van der Waals surface area contributed by atoms with Gasteiger partial charge in [-0.15, -0.1) is 0 Å². The molecule has 2 N–H and O–H groups in total. The number of hydrogen-bond acceptors (Lipinski definition) is 4. The normalized spacial score (nSPS) is 15.2. The minimum atomic E-state index is 0.326. The Morgan fingerprint density at radius 1 is 0.969 bits per heavy atom. The lowest BCUT2D eigenvalue weighted by Crippen LogP contribution is -2.39. The topological polar surface area (TPSA) is 66.2 Å². The predicted octanol–water partition coefficient (Wildman–Crippen LogP) is 5.87. The smallest absolute Gasteiger partial charge is 0.134 e. The summed E-state index contributed by atoms with van der Waals surface area (Å²) in [6, 6.07) is 23.4. The van der Waals surface area contributed by atoms with Gasteiger partial charge in [0.25, 0.3) is 0 Å². The molecule has 1 aliphatic rings. The molecule has 0 amide bonds. The largest absolute Gasteiger partial charge is 0.464 e. The SMILES string of the molecule is Cc1ccc(-c2cc3occ(CN4CCC(N)CC4)c3cc2-c2ccc(C#N)cc2)cc1. The van der Waals surface area contributed by atoms with Crippen LogP contribution in [0, 0.1) is 18.3 Å². The summed E-state index contributed by atoms with van der Waals surface area (Å²) >= 11 is 0. The van der Waals surface area contributed by atoms with Crippen LogP contribution in [-0.4, -0.2) is 24.0 Å². The van der Waals surface area contributed by atoms with Crippen molar-refractivity contribution in [3.8, 4) is 28.3 Å². The number of rotatable bonds is 4. The van der Waals surface area contributed by atoms with Crippen molar-refractivity contribution >= 4 is 11.0 Å². The fraction of sp³-hybridized carbons (Fsp3) is 0.250. The minimum absolute atomic E-state index is 0.326. The summed E-state index contributed by atoms with van der Waals surface area (Å²) in [6.45, 7) is 5.02. The number of benzene rings is 3. The summed E-state index contributed by atoms with van der Waals surface area (Å²) in [5.41, 5.74) is 14.6. The van der Waals surface area contributed by atoms with Crippen molar-refractivity contribution in [1.29, 1.82) is 5.26 Å². The molecule has 1 aliphatic heterocycles. The molecule has 0 atom stereocenters. The van der Waals surface area contributed by atoms with Gasteiger partial charge in [-0.25, -0.2) is 0 Å². The van der Waals surface area contributed by atoms with Gasteiger partial charge in [0.15, 0.2) is 0 Å². The second-order valence-electron chi connectivity index (χ2n) is 8.82. The van der Waals surface area contributed by atoms with Crippen molar-refractivity contribution in [2.45, 2.75) is 32.4 Å². The standard InChI is InChI=1S/C28H27N3O/c1-19-2-6-21(7-3-19)26-15-28-27(14-25(26)22-8-4-20(16-29)5-9-22)23(18-32-28)17-31-12-10-24(30)11-13-31/h2-9,14-15,18,24H,10-13,17,30H2,1H3. The molecule has 4 heteroatoms. The first-order chi connectivity index (χ1) is 15.6. The summed E-state index contributed by atoms with van der Waals surface area (Å²) in [5.74, 6) is 0. The number of nitriles is 1. The minimum Gasteiger partial charge on any atom is -0.464 e. The Balaban J connectivity index is 1.60. The molecule has 0 spiro atoms. The van der Waals surface area contributed by atoms with Crippen LogP contribution in [0.4, 0.5) is 0 Å². The highest BCUT2D eigenvalue weighted by Gasteiger charge is 2.19. The van der Waals surface area contributed by atoms with E-state index in [1.165, 1.54) is 11.1 Å². The van der Waals surface area contributed by atoms with Gasteiger partial charge >= 0.3 is 0 Å². The van der Waals surface area contributed by atoms with Gasteiger partial charge in [0.05, 0.1) is 17.9 Å². The van der Waals surface area contributed by atoms with Gasteiger partial charge in [-0.1, -0.05) is 42.0 Å². The van der Waals surface area contributed by atoms with E-state index in [4.69, 9.17) is 10.2 Å². The monoisotopic (exact) mass is 421 g/mol. The first-order valence-corrected chi connectivity index (χ1v) is 11.2. The van der Waals surface area contributed by atoms with Crippen molar-refractivity contribution in [3.63, 3.8) is 0 Å². The quantitative estimate of drug-likeness (QED) is 0.447. The molecule has 1 aromatic heterocycles. The molecule has 4 aromatic rings. The highest BCUT2D eigenvalue weighted by atomic mass is 16.3. The zero-order valence-corrected chi connectivity index (χ0v) is 18.3. The molecule has 1 fully saturated rings. The van der Waals surface area contributed by atoms with Crippen molar-refractivity contribution in [2.75, 3.05) is 13.1 Å². The number of furan rings is 1. The zero-order chi connectivity index (χ0) is 22.1. The van der Waals surface area contributed by atoms with E-state index < -0.39 is 0 Å². The zero-order valence-electron chi connectivity index (χ0n) is 18.3. The summed E-state index contributed by atoms with van der Waals surface area (Å²) in [4.78, 5) is 2.46. The number of nitrogens with two attached hydrogens (primary N) is 1. The van der Waals surface area contributed by atoms with Crippen molar-refractivity contribution in [3.05, 3.63) is 83.6 Å². The van der Waals surface area contributed by atoms with Crippen LogP contribution in [0.15, 0.2) is 71.3 Å². The molecule has 5 rings (SSSR count). The highest BCUT2D eigenvalue weighted by molar-refractivity contribution is 5.95. The summed E-state index contributed by atoms with van der Waals surface area (Å²) in [7, 11) is 0. The van der Waals surface area contributed by atoms with E-state index in [0.29, 0.717) is 11.6 Å². The molecule has 4 nitrogen and oxygen atoms in total. The number of hydrogen-bond donors (Lipinski definition) is 1. The van der Waals surface area contributed by atoms with E-state index in [9.17, 15) is 5.26 Å². The van der Waals surface area contributed by atoms with Gasteiger partial charge in [0.1, 0.15) is 5.58 Å². The molecule has 0 saturated carbocycles. The van der Waals surface area contributed by atoms with Gasteiger partial charge in [0.2, 0.25) is 0 Å². The molecule has 32 heavy (non-hydrogen) atoms. The summed E-state index contributed by atoms with van der Waals surface area (Å²) in [6.07, 6.45) is 3.99. The number of fused-ring (bicyclic) bond motifs is 1. The third-order valence-corrected chi connectivity index (χ3v) is 6.51. The van der Waals surface area contributed by atoms with Crippen molar-refractivity contribution in [1.82, 2.24) is 4.90 Å². The maximum Gasteiger partial charge on any atom is 0.134 e. The van der Waals surface area contributed by atoms with Crippen LogP contribution in [0.1, 0.15) is 29.5 Å². The Hall–Kier alpha value is -3.39.